The van der Waals surface area contributed by atoms with Crippen LogP contribution in [0.4, 0.5) is 5.69 Å². The zero-order valence-corrected chi connectivity index (χ0v) is 8.85. The molecule has 0 aliphatic heterocycles. The quantitative estimate of drug-likeness (QED) is 0.801. The Balaban J connectivity index is 2.00. The average molecular weight is 208 g/mol. The van der Waals surface area contributed by atoms with Crippen molar-refractivity contribution in [3.63, 3.8) is 0 Å². The fourth-order valence-corrected chi connectivity index (χ4v) is 1.99. The van der Waals surface area contributed by atoms with E-state index in [1.807, 2.05) is 0 Å². The molecule has 1 aromatic heterocycles. The fraction of sp³-hybridized carbons (Fsp3) is 0.545. The van der Waals surface area contributed by atoms with Gasteiger partial charge in [0.1, 0.15) is 0 Å². The third kappa shape index (κ3) is 2.21. The second-order valence-corrected chi connectivity index (χ2v) is 4.15. The average Bonchev–Trinajstić information content (AvgIpc) is 2.16. The molecule has 2 N–H and O–H groups in total. The van der Waals surface area contributed by atoms with Gasteiger partial charge in [-0.25, -0.2) is 0 Å². The van der Waals surface area contributed by atoms with E-state index in [4.69, 9.17) is 10.5 Å². The number of nitrogen functional groups attached to an aromatic ring is 1. The summed E-state index contributed by atoms with van der Waals surface area (Å²) >= 11 is 0. The number of aromatic nitrogens is 1. The lowest BCUT2D eigenvalue weighted by molar-refractivity contribution is -0.00466. The molecule has 0 spiro atoms. The highest BCUT2D eigenvalue weighted by Crippen LogP contribution is 2.30. The molecule has 0 radical (unpaired) electrons. The number of pyridine rings is 1. The summed E-state index contributed by atoms with van der Waals surface area (Å²) in [5.41, 5.74) is 6.29. The topological polar surface area (TPSA) is 57.2 Å². The van der Waals surface area contributed by atoms with Gasteiger partial charge in [0.05, 0.1) is 6.10 Å². The third-order valence-electron chi connectivity index (χ3n) is 2.99. The van der Waals surface area contributed by atoms with E-state index in [0.29, 0.717) is 17.7 Å². The molecule has 4 nitrogen and oxygen atoms in total. The van der Waals surface area contributed by atoms with E-state index < -0.39 is 0 Å². The number of nitrogens with two attached hydrogens (primary N) is 1. The van der Waals surface area contributed by atoms with E-state index in [2.05, 4.69) is 0 Å². The highest BCUT2D eigenvalue weighted by Gasteiger charge is 2.29. The van der Waals surface area contributed by atoms with Crippen LogP contribution in [0.2, 0.25) is 0 Å². The first kappa shape index (κ1) is 10.2. The molecule has 1 aromatic rings. The molecule has 0 aromatic carbocycles. The number of hydrogen-bond acceptors (Lipinski definition) is 3. The number of rotatable bonds is 3. The van der Waals surface area contributed by atoms with Crippen molar-refractivity contribution in [1.29, 1.82) is 0 Å². The first-order valence-electron chi connectivity index (χ1n) is 5.18. The van der Waals surface area contributed by atoms with Crippen molar-refractivity contribution >= 4 is 5.69 Å². The number of ether oxygens (including phenoxy) is 1. The summed E-state index contributed by atoms with van der Waals surface area (Å²) in [5.74, 6) is 0.550. The van der Waals surface area contributed by atoms with Gasteiger partial charge in [0.2, 0.25) is 0 Å². The molecule has 4 heteroatoms. The number of nitrogens with zero attached hydrogens (tertiary/aromatic N) is 1. The first-order chi connectivity index (χ1) is 7.19. The predicted octanol–water partition coefficient (Wildman–Crippen LogP) is 0.856. The van der Waals surface area contributed by atoms with Crippen molar-refractivity contribution in [2.45, 2.75) is 25.5 Å². The zero-order chi connectivity index (χ0) is 10.8. The van der Waals surface area contributed by atoms with Crippen molar-refractivity contribution < 1.29 is 4.74 Å². The largest absolute Gasteiger partial charge is 0.398 e. The Morgan fingerprint density at radius 2 is 2.27 bits per heavy atom. The molecule has 0 bridgehead atoms. The molecule has 1 aliphatic carbocycles. The SMILES string of the molecule is COC1CC(Cn2cc(N)ccc2=O)C1. The minimum Gasteiger partial charge on any atom is -0.398 e. The molecule has 0 atom stereocenters. The number of hydrogen-bond donors (Lipinski definition) is 1. The van der Waals surface area contributed by atoms with Crippen molar-refractivity contribution in [2.24, 2.45) is 5.92 Å². The summed E-state index contributed by atoms with van der Waals surface area (Å²) in [7, 11) is 1.73. The molecule has 0 amide bonds. The van der Waals surface area contributed by atoms with Crippen molar-refractivity contribution in [1.82, 2.24) is 4.57 Å². The van der Waals surface area contributed by atoms with Crippen molar-refractivity contribution in [3.8, 4) is 0 Å². The highest BCUT2D eigenvalue weighted by molar-refractivity contribution is 5.33. The molecule has 1 saturated carbocycles. The highest BCUT2D eigenvalue weighted by atomic mass is 16.5. The van der Waals surface area contributed by atoms with Crippen molar-refractivity contribution in [3.05, 3.63) is 28.7 Å². The van der Waals surface area contributed by atoms with Gasteiger partial charge < -0.3 is 15.0 Å². The maximum atomic E-state index is 11.5. The maximum Gasteiger partial charge on any atom is 0.250 e. The van der Waals surface area contributed by atoms with Crippen LogP contribution in [0.25, 0.3) is 0 Å². The van der Waals surface area contributed by atoms with Crippen LogP contribution in [0.5, 0.6) is 0 Å². The standard InChI is InChI=1S/C11H16N2O2/c1-15-10-4-8(5-10)6-13-7-9(12)2-3-11(13)14/h2-3,7-8,10H,4-6,12H2,1H3. The molecule has 0 saturated heterocycles. The molecular weight excluding hydrogens is 192 g/mol. The zero-order valence-electron chi connectivity index (χ0n) is 8.85. The van der Waals surface area contributed by atoms with Gasteiger partial charge in [0.25, 0.3) is 5.56 Å². The third-order valence-corrected chi connectivity index (χ3v) is 2.99. The van der Waals surface area contributed by atoms with E-state index in [0.717, 1.165) is 19.4 Å². The van der Waals surface area contributed by atoms with Crippen LogP contribution in [-0.4, -0.2) is 17.8 Å². The summed E-state index contributed by atoms with van der Waals surface area (Å²) in [6.07, 6.45) is 4.17. The van der Waals surface area contributed by atoms with Gasteiger partial charge in [-0.05, 0) is 24.8 Å². The summed E-state index contributed by atoms with van der Waals surface area (Å²) < 4.78 is 6.88. The molecular formula is C11H16N2O2. The van der Waals surface area contributed by atoms with E-state index in [9.17, 15) is 4.79 Å². The summed E-state index contributed by atoms with van der Waals surface area (Å²) in [6, 6.07) is 3.15. The van der Waals surface area contributed by atoms with Crippen LogP contribution in [-0.2, 0) is 11.3 Å². The van der Waals surface area contributed by atoms with Gasteiger partial charge in [0, 0.05) is 31.6 Å². The number of anilines is 1. The van der Waals surface area contributed by atoms with E-state index in [1.54, 1.807) is 23.9 Å². The Kier molecular flexibility index (Phi) is 2.77. The lowest BCUT2D eigenvalue weighted by Crippen LogP contribution is -2.35. The minimum atomic E-state index is 0.0186. The van der Waals surface area contributed by atoms with Gasteiger partial charge in [-0.3, -0.25) is 4.79 Å². The molecule has 1 fully saturated rings. The lowest BCUT2D eigenvalue weighted by atomic mass is 9.82. The summed E-state index contributed by atoms with van der Waals surface area (Å²) in [6.45, 7) is 0.754. The van der Waals surface area contributed by atoms with Crippen LogP contribution >= 0.6 is 0 Å². The molecule has 1 aliphatic rings. The Morgan fingerprint density at radius 3 is 2.93 bits per heavy atom. The smallest absolute Gasteiger partial charge is 0.250 e. The van der Waals surface area contributed by atoms with Gasteiger partial charge >= 0.3 is 0 Å². The first-order valence-corrected chi connectivity index (χ1v) is 5.18. The fourth-order valence-electron chi connectivity index (χ4n) is 1.99. The monoisotopic (exact) mass is 208 g/mol. The van der Waals surface area contributed by atoms with E-state index >= 15 is 0 Å². The molecule has 2 rings (SSSR count). The van der Waals surface area contributed by atoms with Gasteiger partial charge in [-0.1, -0.05) is 0 Å². The van der Waals surface area contributed by atoms with Gasteiger partial charge in [-0.15, -0.1) is 0 Å². The Morgan fingerprint density at radius 1 is 1.53 bits per heavy atom. The second-order valence-electron chi connectivity index (χ2n) is 4.15. The summed E-state index contributed by atoms with van der Waals surface area (Å²) in [4.78, 5) is 11.5. The molecule has 82 valence electrons. The number of methoxy groups -OCH3 is 1. The van der Waals surface area contributed by atoms with E-state index in [1.165, 1.54) is 6.07 Å². The minimum absolute atomic E-state index is 0.0186. The van der Waals surface area contributed by atoms with Crippen LogP contribution in [0.1, 0.15) is 12.8 Å². The Labute approximate surface area is 88.7 Å². The van der Waals surface area contributed by atoms with Crippen LogP contribution in [0.3, 0.4) is 0 Å². The normalized spacial score (nSPS) is 24.9. The van der Waals surface area contributed by atoms with E-state index in [-0.39, 0.29) is 5.56 Å². The summed E-state index contributed by atoms with van der Waals surface area (Å²) in [5, 5.41) is 0. The van der Waals surface area contributed by atoms with Gasteiger partial charge in [0.15, 0.2) is 0 Å². The maximum absolute atomic E-state index is 11.5. The van der Waals surface area contributed by atoms with Crippen molar-refractivity contribution in [2.75, 3.05) is 12.8 Å². The van der Waals surface area contributed by atoms with Crippen LogP contribution in [0.15, 0.2) is 23.1 Å². The van der Waals surface area contributed by atoms with Crippen LogP contribution in [0, 0.1) is 5.92 Å². The molecule has 1 heterocycles. The second kappa shape index (κ2) is 4.06. The van der Waals surface area contributed by atoms with Gasteiger partial charge in [-0.2, -0.15) is 0 Å². The molecule has 0 unspecified atom stereocenters. The Hall–Kier alpha value is -1.29. The van der Waals surface area contributed by atoms with Crippen LogP contribution < -0.4 is 11.3 Å². The molecule has 15 heavy (non-hydrogen) atoms. The predicted molar refractivity (Wildman–Crippen MR) is 58.6 cm³/mol. The Bertz CT molecular complexity index is 394. The lowest BCUT2D eigenvalue weighted by Gasteiger charge is -2.34.